The second-order valence-electron chi connectivity index (χ2n) is 8.04. The smallest absolute Gasteiger partial charge is 0.372 e. The van der Waals surface area contributed by atoms with Crippen LogP contribution in [0.3, 0.4) is 0 Å². The van der Waals surface area contributed by atoms with Gasteiger partial charge in [0.1, 0.15) is 0 Å². The van der Waals surface area contributed by atoms with E-state index in [1.165, 1.54) is 10.9 Å². The number of likely N-dealkylation sites (tertiary alicyclic amines) is 1. The SMILES string of the molecule is C=C(/C=C/c1ccc(C(F)(F)F)cc1Cn1nnc(C)n1)N1CCC(c2nc(C)no2)CC1. The van der Waals surface area contributed by atoms with Gasteiger partial charge in [0, 0.05) is 24.7 Å². The van der Waals surface area contributed by atoms with Gasteiger partial charge < -0.3 is 9.42 Å². The van der Waals surface area contributed by atoms with Gasteiger partial charge in [-0.1, -0.05) is 23.9 Å². The predicted octanol–water partition coefficient (Wildman–Crippen LogP) is 4.15. The van der Waals surface area contributed by atoms with Gasteiger partial charge >= 0.3 is 6.18 Å². The summed E-state index contributed by atoms with van der Waals surface area (Å²) in [5.41, 5.74) is 1.14. The van der Waals surface area contributed by atoms with E-state index in [-0.39, 0.29) is 12.5 Å². The summed E-state index contributed by atoms with van der Waals surface area (Å²) in [5, 5.41) is 15.6. The van der Waals surface area contributed by atoms with Crippen molar-refractivity contribution in [1.29, 1.82) is 0 Å². The van der Waals surface area contributed by atoms with E-state index in [1.54, 1.807) is 19.9 Å². The number of aryl methyl sites for hydroxylation is 2. The van der Waals surface area contributed by atoms with E-state index in [1.807, 2.05) is 6.08 Å². The van der Waals surface area contributed by atoms with Crippen molar-refractivity contribution in [2.24, 2.45) is 0 Å². The van der Waals surface area contributed by atoms with Crippen molar-refractivity contribution in [3.8, 4) is 0 Å². The average molecular weight is 459 g/mol. The number of aromatic nitrogens is 6. The zero-order valence-corrected chi connectivity index (χ0v) is 18.4. The summed E-state index contributed by atoms with van der Waals surface area (Å²) < 4.78 is 45.0. The summed E-state index contributed by atoms with van der Waals surface area (Å²) in [6, 6.07) is 3.65. The number of halogens is 3. The number of alkyl halides is 3. The summed E-state index contributed by atoms with van der Waals surface area (Å²) in [6.45, 7) is 9.23. The lowest BCUT2D eigenvalue weighted by Gasteiger charge is -2.32. The maximum absolute atomic E-state index is 13.3. The Kier molecular flexibility index (Phi) is 6.30. The number of tetrazole rings is 1. The maximum atomic E-state index is 13.3. The Bertz CT molecular complexity index is 1160. The minimum atomic E-state index is -4.44. The van der Waals surface area contributed by atoms with Crippen LogP contribution in [-0.4, -0.2) is 48.3 Å². The van der Waals surface area contributed by atoms with Crippen LogP contribution in [-0.2, 0) is 12.7 Å². The first-order valence-corrected chi connectivity index (χ1v) is 10.6. The number of allylic oxidation sites excluding steroid dienone is 1. The first-order valence-electron chi connectivity index (χ1n) is 10.6. The largest absolute Gasteiger partial charge is 0.416 e. The highest BCUT2D eigenvalue weighted by atomic mass is 19.4. The molecule has 1 aliphatic rings. The highest BCUT2D eigenvalue weighted by molar-refractivity contribution is 5.57. The molecule has 0 saturated carbocycles. The van der Waals surface area contributed by atoms with Gasteiger partial charge in [0.25, 0.3) is 0 Å². The van der Waals surface area contributed by atoms with Gasteiger partial charge in [-0.25, -0.2) is 0 Å². The Morgan fingerprint density at radius 1 is 1.21 bits per heavy atom. The van der Waals surface area contributed by atoms with Crippen molar-refractivity contribution in [1.82, 2.24) is 35.2 Å². The molecule has 0 amide bonds. The fourth-order valence-corrected chi connectivity index (χ4v) is 3.81. The van der Waals surface area contributed by atoms with Crippen LogP contribution >= 0.6 is 0 Å². The van der Waals surface area contributed by atoms with Crippen molar-refractivity contribution >= 4 is 6.08 Å². The zero-order valence-electron chi connectivity index (χ0n) is 18.4. The predicted molar refractivity (Wildman–Crippen MR) is 114 cm³/mol. The molecule has 11 heteroatoms. The van der Waals surface area contributed by atoms with E-state index in [0.29, 0.717) is 28.7 Å². The molecule has 0 atom stereocenters. The van der Waals surface area contributed by atoms with Crippen LogP contribution < -0.4 is 0 Å². The first kappa shape index (κ1) is 22.7. The van der Waals surface area contributed by atoms with Gasteiger partial charge in [0.2, 0.25) is 5.89 Å². The molecular formula is C22H24F3N7O. The zero-order chi connectivity index (χ0) is 23.6. The van der Waals surface area contributed by atoms with Crippen molar-refractivity contribution < 1.29 is 17.7 Å². The molecule has 0 radical (unpaired) electrons. The van der Waals surface area contributed by atoms with E-state index >= 15 is 0 Å². The Hall–Kier alpha value is -3.50. The molecule has 3 heterocycles. The van der Waals surface area contributed by atoms with Crippen LogP contribution in [0.2, 0.25) is 0 Å². The molecule has 1 aliphatic heterocycles. The topological polar surface area (TPSA) is 85.8 Å². The Balaban J connectivity index is 1.46. The van der Waals surface area contributed by atoms with Gasteiger partial charge in [-0.3, -0.25) is 0 Å². The third kappa shape index (κ3) is 5.47. The minimum Gasteiger partial charge on any atom is -0.372 e. The van der Waals surface area contributed by atoms with Crippen LogP contribution in [0.15, 0.2) is 41.1 Å². The van der Waals surface area contributed by atoms with E-state index in [4.69, 9.17) is 4.52 Å². The molecule has 0 aliphatic carbocycles. The lowest BCUT2D eigenvalue weighted by molar-refractivity contribution is -0.137. The second-order valence-corrected chi connectivity index (χ2v) is 8.04. The lowest BCUT2D eigenvalue weighted by atomic mass is 9.96. The fourth-order valence-electron chi connectivity index (χ4n) is 3.81. The number of piperidine rings is 1. The summed E-state index contributed by atoms with van der Waals surface area (Å²) in [4.78, 5) is 7.74. The van der Waals surface area contributed by atoms with Crippen molar-refractivity contribution in [3.63, 3.8) is 0 Å². The average Bonchev–Trinajstić information content (AvgIpc) is 3.40. The molecule has 8 nitrogen and oxygen atoms in total. The van der Waals surface area contributed by atoms with Crippen LogP contribution in [0.25, 0.3) is 6.08 Å². The summed E-state index contributed by atoms with van der Waals surface area (Å²) in [5.74, 6) is 1.97. The molecule has 0 bridgehead atoms. The number of hydrogen-bond acceptors (Lipinski definition) is 7. The fraction of sp³-hybridized carbons (Fsp3) is 0.409. The third-order valence-corrected chi connectivity index (χ3v) is 5.58. The van der Waals surface area contributed by atoms with E-state index < -0.39 is 11.7 Å². The standard InChI is InChI=1S/C22H24F3N7O/c1-14(31-10-8-18(9-11-31)21-26-15(2)29-33-21)4-5-17-6-7-20(22(23,24)25)12-19(17)13-32-28-16(3)27-30-32/h4-7,12,18H,1,8-11,13H2,2-3H3/b5-4+. The quantitative estimate of drug-likeness (QED) is 0.512. The summed E-state index contributed by atoms with van der Waals surface area (Å²) in [7, 11) is 0. The molecular weight excluding hydrogens is 435 g/mol. The molecule has 0 spiro atoms. The third-order valence-electron chi connectivity index (χ3n) is 5.58. The molecule has 174 valence electrons. The molecule has 1 fully saturated rings. The van der Waals surface area contributed by atoms with Gasteiger partial charge in [0.05, 0.1) is 12.1 Å². The van der Waals surface area contributed by atoms with E-state index in [2.05, 4.69) is 37.0 Å². The number of hydrogen-bond donors (Lipinski definition) is 0. The van der Waals surface area contributed by atoms with Crippen LogP contribution in [0, 0.1) is 13.8 Å². The van der Waals surface area contributed by atoms with E-state index in [0.717, 1.165) is 43.8 Å². The van der Waals surface area contributed by atoms with Crippen LogP contribution in [0.4, 0.5) is 13.2 Å². The highest BCUT2D eigenvalue weighted by Crippen LogP contribution is 2.32. The van der Waals surface area contributed by atoms with Crippen molar-refractivity contribution in [3.05, 3.63) is 70.8 Å². The van der Waals surface area contributed by atoms with Gasteiger partial charge in [-0.15, -0.1) is 10.2 Å². The van der Waals surface area contributed by atoms with E-state index in [9.17, 15) is 13.2 Å². The van der Waals surface area contributed by atoms with Crippen LogP contribution in [0.1, 0.15) is 53.0 Å². The van der Waals surface area contributed by atoms with Crippen molar-refractivity contribution in [2.75, 3.05) is 13.1 Å². The molecule has 3 aromatic rings. The Labute approximate surface area is 188 Å². The molecule has 33 heavy (non-hydrogen) atoms. The van der Waals surface area contributed by atoms with Gasteiger partial charge in [-0.05, 0) is 61.2 Å². The number of benzene rings is 1. The molecule has 2 aromatic heterocycles. The first-order chi connectivity index (χ1) is 15.7. The van der Waals surface area contributed by atoms with Gasteiger partial charge in [0.15, 0.2) is 11.6 Å². The number of rotatable bonds is 6. The molecule has 4 rings (SSSR count). The van der Waals surface area contributed by atoms with Crippen molar-refractivity contribution in [2.45, 2.75) is 45.3 Å². The summed E-state index contributed by atoms with van der Waals surface area (Å²) >= 11 is 0. The molecule has 1 aromatic carbocycles. The highest BCUT2D eigenvalue weighted by Gasteiger charge is 2.31. The van der Waals surface area contributed by atoms with Crippen LogP contribution in [0.5, 0.6) is 0 Å². The molecule has 0 unspecified atom stereocenters. The minimum absolute atomic E-state index is 0.0753. The lowest BCUT2D eigenvalue weighted by Crippen LogP contribution is -2.31. The summed E-state index contributed by atoms with van der Waals surface area (Å²) in [6.07, 6.45) is 0.876. The maximum Gasteiger partial charge on any atom is 0.416 e. The normalized spacial score (nSPS) is 15.5. The monoisotopic (exact) mass is 459 g/mol. The molecule has 1 saturated heterocycles. The molecule has 0 N–H and O–H groups in total. The Morgan fingerprint density at radius 2 is 1.97 bits per heavy atom. The second kappa shape index (κ2) is 9.16. The van der Waals surface area contributed by atoms with Gasteiger partial charge in [-0.2, -0.15) is 23.0 Å². The Morgan fingerprint density at radius 3 is 2.58 bits per heavy atom. The number of nitrogens with zero attached hydrogens (tertiary/aromatic N) is 7.